The highest BCUT2D eigenvalue weighted by atomic mass is 32.1. The van der Waals surface area contributed by atoms with E-state index in [1.165, 1.54) is 97.0 Å². The van der Waals surface area contributed by atoms with Gasteiger partial charge in [0.2, 0.25) is 0 Å². The van der Waals surface area contributed by atoms with E-state index in [4.69, 9.17) is 4.42 Å². The van der Waals surface area contributed by atoms with Crippen LogP contribution in [0.1, 0.15) is 25.0 Å². The van der Waals surface area contributed by atoms with Crippen molar-refractivity contribution < 1.29 is 4.42 Å². The normalized spacial score (nSPS) is 13.6. The van der Waals surface area contributed by atoms with Crippen LogP contribution in [0, 0.1) is 0 Å². The minimum Gasteiger partial charge on any atom is -0.456 e. The molecule has 0 aliphatic heterocycles. The van der Waals surface area contributed by atoms with E-state index in [-0.39, 0.29) is 5.41 Å². The van der Waals surface area contributed by atoms with E-state index >= 15 is 0 Å². The molecule has 53 heavy (non-hydrogen) atoms. The number of para-hydroxylation sites is 1. The van der Waals surface area contributed by atoms with E-state index in [0.29, 0.717) is 0 Å². The fraction of sp³-hybridized carbons (Fsp3) is 0.0588. The molecule has 0 saturated heterocycles. The molecule has 12 rings (SSSR count). The second-order valence-electron chi connectivity index (χ2n) is 15.2. The first-order valence-electron chi connectivity index (χ1n) is 18.4. The van der Waals surface area contributed by atoms with Crippen molar-refractivity contribution in [1.29, 1.82) is 0 Å². The summed E-state index contributed by atoms with van der Waals surface area (Å²) in [7, 11) is 0. The summed E-state index contributed by atoms with van der Waals surface area (Å²) in [6.07, 6.45) is 0. The highest BCUT2D eigenvalue weighted by Crippen LogP contribution is 2.53. The highest BCUT2D eigenvalue weighted by Gasteiger charge is 2.36. The zero-order valence-corrected chi connectivity index (χ0v) is 30.1. The van der Waals surface area contributed by atoms with Gasteiger partial charge in [-0.25, -0.2) is 0 Å². The molecule has 2 heteroatoms. The summed E-state index contributed by atoms with van der Waals surface area (Å²) in [6, 6.07) is 58.6. The van der Waals surface area contributed by atoms with Crippen LogP contribution in [-0.4, -0.2) is 0 Å². The Hall–Kier alpha value is -6.22. The standard InChI is InChI=1S/C51H32OS/c1-51(2)43-24-21-30(25-41(43)42-28-40-29(26-44(42)51)19-23-39-34-12-8-10-18-47(34)53-50(39)40)48-35-13-3-5-15-37(35)49(38-16-6-4-14-36(38)48)31-20-22-33-32-11-7-9-17-45(32)52-46(33)27-31/h3-28H,1-2H3. The van der Waals surface area contributed by atoms with Crippen LogP contribution in [0.3, 0.4) is 0 Å². The van der Waals surface area contributed by atoms with Crippen molar-refractivity contribution in [3.05, 3.63) is 169 Å². The lowest BCUT2D eigenvalue weighted by Crippen LogP contribution is -2.14. The van der Waals surface area contributed by atoms with Crippen molar-refractivity contribution in [1.82, 2.24) is 0 Å². The number of thiophene rings is 1. The molecule has 0 saturated carbocycles. The predicted octanol–water partition coefficient (Wildman–Crippen LogP) is 15.1. The molecule has 1 aliphatic rings. The first-order chi connectivity index (χ1) is 26.0. The van der Waals surface area contributed by atoms with Gasteiger partial charge in [0.25, 0.3) is 0 Å². The topological polar surface area (TPSA) is 13.1 Å². The molecule has 0 radical (unpaired) electrons. The molecule has 1 nitrogen and oxygen atoms in total. The van der Waals surface area contributed by atoms with E-state index < -0.39 is 0 Å². The summed E-state index contributed by atoms with van der Waals surface area (Å²) in [5, 5.41) is 12.7. The van der Waals surface area contributed by atoms with Crippen LogP contribution in [0.25, 0.3) is 108 Å². The van der Waals surface area contributed by atoms with Gasteiger partial charge in [0.1, 0.15) is 11.2 Å². The van der Waals surface area contributed by atoms with E-state index in [9.17, 15) is 0 Å². The van der Waals surface area contributed by atoms with E-state index in [1.807, 2.05) is 17.4 Å². The average Bonchev–Trinajstić information content (AvgIpc) is 3.83. The summed E-state index contributed by atoms with van der Waals surface area (Å²) in [5.41, 5.74) is 12.2. The van der Waals surface area contributed by atoms with Crippen LogP contribution in [0.4, 0.5) is 0 Å². The highest BCUT2D eigenvalue weighted by molar-refractivity contribution is 7.26. The molecular formula is C51H32OS. The first kappa shape index (κ1) is 29.4. The van der Waals surface area contributed by atoms with Gasteiger partial charge in [0.15, 0.2) is 0 Å². The van der Waals surface area contributed by atoms with E-state index in [2.05, 4.69) is 166 Å². The van der Waals surface area contributed by atoms with Gasteiger partial charge < -0.3 is 4.42 Å². The monoisotopic (exact) mass is 692 g/mol. The largest absolute Gasteiger partial charge is 0.456 e. The second-order valence-corrected chi connectivity index (χ2v) is 16.2. The summed E-state index contributed by atoms with van der Waals surface area (Å²) < 4.78 is 9.11. The number of furan rings is 1. The Kier molecular flexibility index (Phi) is 5.78. The van der Waals surface area contributed by atoms with Crippen molar-refractivity contribution in [2.75, 3.05) is 0 Å². The third-order valence-corrected chi connectivity index (χ3v) is 13.3. The smallest absolute Gasteiger partial charge is 0.136 e. The zero-order valence-electron chi connectivity index (χ0n) is 29.3. The number of fused-ring (bicyclic) bond motifs is 13. The van der Waals surface area contributed by atoms with Gasteiger partial charge in [-0.3, -0.25) is 0 Å². The van der Waals surface area contributed by atoms with E-state index in [0.717, 1.165) is 21.9 Å². The van der Waals surface area contributed by atoms with Gasteiger partial charge in [-0.05, 0) is 114 Å². The summed E-state index contributed by atoms with van der Waals surface area (Å²) in [4.78, 5) is 0. The molecule has 11 aromatic rings. The zero-order chi connectivity index (χ0) is 35.0. The molecular weight excluding hydrogens is 661 g/mol. The maximum absolute atomic E-state index is 6.39. The Bertz CT molecular complexity index is 3320. The molecule has 0 spiro atoms. The molecule has 0 fully saturated rings. The molecule has 9 aromatic carbocycles. The lowest BCUT2D eigenvalue weighted by Gasteiger charge is -2.22. The molecule has 0 atom stereocenters. The van der Waals surface area contributed by atoms with Crippen LogP contribution in [0.15, 0.2) is 162 Å². The lowest BCUT2D eigenvalue weighted by atomic mass is 9.81. The molecule has 2 heterocycles. The number of hydrogen-bond donors (Lipinski definition) is 0. The van der Waals surface area contributed by atoms with Gasteiger partial charge in [0, 0.05) is 41.7 Å². The molecule has 0 N–H and O–H groups in total. The summed E-state index contributed by atoms with van der Waals surface area (Å²) >= 11 is 1.92. The quantitative estimate of drug-likeness (QED) is 0.164. The van der Waals surface area contributed by atoms with Crippen LogP contribution >= 0.6 is 11.3 Å². The lowest BCUT2D eigenvalue weighted by molar-refractivity contribution is 0.661. The Balaban J connectivity index is 1.10. The summed E-state index contributed by atoms with van der Waals surface area (Å²) in [6.45, 7) is 4.78. The number of hydrogen-bond acceptors (Lipinski definition) is 2. The Morgan fingerprint density at radius 3 is 1.72 bits per heavy atom. The average molecular weight is 693 g/mol. The Morgan fingerprint density at radius 1 is 0.415 bits per heavy atom. The molecule has 248 valence electrons. The predicted molar refractivity (Wildman–Crippen MR) is 228 cm³/mol. The van der Waals surface area contributed by atoms with Crippen LogP contribution in [0.5, 0.6) is 0 Å². The van der Waals surface area contributed by atoms with Crippen molar-refractivity contribution in [2.45, 2.75) is 19.3 Å². The molecule has 0 unspecified atom stereocenters. The first-order valence-corrected chi connectivity index (χ1v) is 19.2. The van der Waals surface area contributed by atoms with Gasteiger partial charge in [-0.1, -0.05) is 129 Å². The Morgan fingerprint density at radius 2 is 0.981 bits per heavy atom. The number of benzene rings is 9. The van der Waals surface area contributed by atoms with Gasteiger partial charge in [0.05, 0.1) is 0 Å². The van der Waals surface area contributed by atoms with Gasteiger partial charge in [-0.15, -0.1) is 11.3 Å². The fourth-order valence-electron chi connectivity index (χ4n) is 9.54. The van der Waals surface area contributed by atoms with E-state index in [1.54, 1.807) is 0 Å². The molecule has 2 aromatic heterocycles. The maximum atomic E-state index is 6.39. The van der Waals surface area contributed by atoms with Crippen molar-refractivity contribution >= 4 is 85.8 Å². The maximum Gasteiger partial charge on any atom is 0.136 e. The third-order valence-electron chi connectivity index (χ3n) is 12.0. The van der Waals surface area contributed by atoms with Crippen LogP contribution in [0.2, 0.25) is 0 Å². The Labute approximate surface area is 310 Å². The van der Waals surface area contributed by atoms with Crippen molar-refractivity contribution in [2.24, 2.45) is 0 Å². The molecule has 0 bridgehead atoms. The van der Waals surface area contributed by atoms with Gasteiger partial charge >= 0.3 is 0 Å². The number of rotatable bonds is 2. The third kappa shape index (κ3) is 3.96. The van der Waals surface area contributed by atoms with Crippen LogP contribution in [-0.2, 0) is 5.41 Å². The van der Waals surface area contributed by atoms with Crippen molar-refractivity contribution in [3.63, 3.8) is 0 Å². The minimum absolute atomic E-state index is 0.101. The SMILES string of the molecule is CC1(C)c2ccc(-c3c4ccccc4c(-c4ccc5c(c4)oc4ccccc45)c4ccccc34)cc2-c2cc3c(ccc4c5ccccc5sc34)cc21. The molecule has 0 amide bonds. The molecule has 1 aliphatic carbocycles. The second kappa shape index (κ2) is 10.4. The van der Waals surface area contributed by atoms with Gasteiger partial charge in [-0.2, -0.15) is 0 Å². The summed E-state index contributed by atoms with van der Waals surface area (Å²) in [5.74, 6) is 0. The van der Waals surface area contributed by atoms with Crippen LogP contribution < -0.4 is 0 Å². The minimum atomic E-state index is -0.101. The van der Waals surface area contributed by atoms with Crippen molar-refractivity contribution in [3.8, 4) is 33.4 Å². The fourth-order valence-corrected chi connectivity index (χ4v) is 10.8.